The molecule has 0 atom stereocenters. The first-order valence-corrected chi connectivity index (χ1v) is 5.77. The monoisotopic (exact) mass is 231 g/mol. The van der Waals surface area contributed by atoms with Gasteiger partial charge in [0.15, 0.2) is 0 Å². The summed E-state index contributed by atoms with van der Waals surface area (Å²) < 4.78 is 22.2. The number of hydrogen-bond donors (Lipinski definition) is 4. The standard InChI is InChI=1S/C8H13N3O3S/c9-8-6(11-4-5-12)2-1-3-7(8)15(10,13)14/h1-3,11-12H,4-5,9H2,(H2,10,13,14). The quantitative estimate of drug-likeness (QED) is 0.512. The predicted molar refractivity (Wildman–Crippen MR) is 57.8 cm³/mol. The minimum absolute atomic E-state index is 0.0634. The first kappa shape index (κ1) is 11.8. The maximum atomic E-state index is 11.1. The van der Waals surface area contributed by atoms with Crippen LogP contribution >= 0.6 is 0 Å². The van der Waals surface area contributed by atoms with Crippen LogP contribution < -0.4 is 16.2 Å². The number of nitrogens with two attached hydrogens (primary N) is 2. The fourth-order valence-electron chi connectivity index (χ4n) is 1.14. The van der Waals surface area contributed by atoms with Gasteiger partial charge in [0.1, 0.15) is 4.90 Å². The molecule has 0 aromatic heterocycles. The van der Waals surface area contributed by atoms with Gasteiger partial charge < -0.3 is 16.2 Å². The highest BCUT2D eigenvalue weighted by molar-refractivity contribution is 7.89. The molecule has 1 aromatic carbocycles. The van der Waals surface area contributed by atoms with Crippen molar-refractivity contribution < 1.29 is 13.5 Å². The summed E-state index contributed by atoms with van der Waals surface area (Å²) in [7, 11) is -3.81. The van der Waals surface area contributed by atoms with Gasteiger partial charge in [0, 0.05) is 6.54 Å². The number of nitrogens with one attached hydrogen (secondary N) is 1. The average Bonchev–Trinajstić information content (AvgIpc) is 2.14. The molecule has 0 amide bonds. The van der Waals surface area contributed by atoms with Crippen molar-refractivity contribution in [2.24, 2.45) is 5.14 Å². The Labute approximate surface area is 87.9 Å². The maximum absolute atomic E-state index is 11.1. The Kier molecular flexibility index (Phi) is 3.51. The van der Waals surface area contributed by atoms with E-state index in [1.807, 2.05) is 0 Å². The first-order valence-electron chi connectivity index (χ1n) is 4.23. The Bertz CT molecular complexity index is 444. The van der Waals surface area contributed by atoms with Crippen molar-refractivity contribution in [3.05, 3.63) is 18.2 Å². The van der Waals surface area contributed by atoms with Gasteiger partial charge in [0.2, 0.25) is 10.0 Å². The molecule has 0 heterocycles. The molecule has 1 rings (SSSR count). The zero-order valence-electron chi connectivity index (χ0n) is 7.97. The molecule has 6 N–H and O–H groups in total. The molecule has 0 unspecified atom stereocenters. The second kappa shape index (κ2) is 4.47. The summed E-state index contributed by atoms with van der Waals surface area (Å²) in [6.07, 6.45) is 0. The number of para-hydroxylation sites is 1. The smallest absolute Gasteiger partial charge is 0.240 e. The SMILES string of the molecule is Nc1c(NCCO)cccc1S(N)(=O)=O. The third-order valence-electron chi connectivity index (χ3n) is 1.80. The second-order valence-electron chi connectivity index (χ2n) is 2.91. The van der Waals surface area contributed by atoms with Crippen molar-refractivity contribution in [1.29, 1.82) is 0 Å². The Morgan fingerprint density at radius 2 is 2.07 bits per heavy atom. The van der Waals surface area contributed by atoms with Gasteiger partial charge in [-0.05, 0) is 12.1 Å². The lowest BCUT2D eigenvalue weighted by molar-refractivity contribution is 0.311. The molecule has 7 heteroatoms. The molecule has 1 aromatic rings. The Hall–Kier alpha value is -1.31. The van der Waals surface area contributed by atoms with E-state index in [0.717, 1.165) is 0 Å². The Morgan fingerprint density at radius 1 is 1.40 bits per heavy atom. The van der Waals surface area contributed by atoms with Crippen molar-refractivity contribution in [2.45, 2.75) is 4.90 Å². The van der Waals surface area contributed by atoms with Gasteiger partial charge in [-0.1, -0.05) is 6.07 Å². The molecule has 0 aliphatic rings. The summed E-state index contributed by atoms with van der Waals surface area (Å²) in [6, 6.07) is 4.46. The summed E-state index contributed by atoms with van der Waals surface area (Å²) in [5.41, 5.74) is 6.11. The summed E-state index contributed by atoms with van der Waals surface area (Å²) in [5, 5.41) is 16.4. The maximum Gasteiger partial charge on any atom is 0.240 e. The number of hydrogen-bond acceptors (Lipinski definition) is 5. The van der Waals surface area contributed by atoms with Gasteiger partial charge >= 0.3 is 0 Å². The molecular formula is C8H13N3O3S. The van der Waals surface area contributed by atoms with Gasteiger partial charge in [-0.15, -0.1) is 0 Å². The third kappa shape index (κ3) is 2.82. The van der Waals surface area contributed by atoms with Crippen LogP contribution in [0.1, 0.15) is 0 Å². The fraction of sp³-hybridized carbons (Fsp3) is 0.250. The Morgan fingerprint density at radius 3 is 2.60 bits per heavy atom. The molecule has 0 fully saturated rings. The van der Waals surface area contributed by atoms with E-state index < -0.39 is 10.0 Å². The van der Waals surface area contributed by atoms with E-state index in [2.05, 4.69) is 5.32 Å². The minimum atomic E-state index is -3.81. The van der Waals surface area contributed by atoms with Crippen molar-refractivity contribution in [2.75, 3.05) is 24.2 Å². The highest BCUT2D eigenvalue weighted by Crippen LogP contribution is 2.25. The number of anilines is 2. The topological polar surface area (TPSA) is 118 Å². The number of benzene rings is 1. The largest absolute Gasteiger partial charge is 0.396 e. The lowest BCUT2D eigenvalue weighted by Gasteiger charge is -2.10. The number of nitrogen functional groups attached to an aromatic ring is 1. The van der Waals surface area contributed by atoms with Gasteiger partial charge in [-0.2, -0.15) is 0 Å². The van der Waals surface area contributed by atoms with E-state index in [1.165, 1.54) is 12.1 Å². The van der Waals surface area contributed by atoms with Crippen LogP contribution in [0.3, 0.4) is 0 Å². The van der Waals surface area contributed by atoms with E-state index in [0.29, 0.717) is 5.69 Å². The number of aliphatic hydroxyl groups excluding tert-OH is 1. The van der Waals surface area contributed by atoms with E-state index in [-0.39, 0.29) is 23.7 Å². The zero-order valence-corrected chi connectivity index (χ0v) is 8.79. The Balaban J connectivity index is 3.12. The lowest BCUT2D eigenvalue weighted by atomic mass is 10.2. The molecule has 0 aliphatic carbocycles. The van der Waals surface area contributed by atoms with Crippen LogP contribution in [0.25, 0.3) is 0 Å². The van der Waals surface area contributed by atoms with Crippen molar-refractivity contribution in [3.8, 4) is 0 Å². The highest BCUT2D eigenvalue weighted by Gasteiger charge is 2.14. The molecule has 15 heavy (non-hydrogen) atoms. The summed E-state index contributed by atoms with van der Waals surface area (Å²) in [5.74, 6) is 0. The van der Waals surface area contributed by atoms with Gasteiger partial charge in [-0.25, -0.2) is 13.6 Å². The van der Waals surface area contributed by atoms with Crippen LogP contribution in [0.5, 0.6) is 0 Å². The average molecular weight is 231 g/mol. The van der Waals surface area contributed by atoms with Crippen LogP contribution in [0, 0.1) is 0 Å². The van der Waals surface area contributed by atoms with Gasteiger partial charge in [-0.3, -0.25) is 0 Å². The summed E-state index contributed by atoms with van der Waals surface area (Å²) in [4.78, 5) is -0.120. The van der Waals surface area contributed by atoms with Crippen LogP contribution in [0.4, 0.5) is 11.4 Å². The molecule has 0 spiro atoms. The van der Waals surface area contributed by atoms with Crippen LogP contribution in [-0.2, 0) is 10.0 Å². The fourth-order valence-corrected chi connectivity index (χ4v) is 1.82. The highest BCUT2D eigenvalue weighted by atomic mass is 32.2. The summed E-state index contributed by atoms with van der Waals surface area (Å²) in [6.45, 7) is 0.220. The predicted octanol–water partition coefficient (Wildman–Crippen LogP) is -0.680. The number of rotatable bonds is 4. The normalized spacial score (nSPS) is 11.3. The van der Waals surface area contributed by atoms with E-state index in [9.17, 15) is 8.42 Å². The zero-order chi connectivity index (χ0) is 11.5. The third-order valence-corrected chi connectivity index (χ3v) is 2.77. The molecule has 0 radical (unpaired) electrons. The lowest BCUT2D eigenvalue weighted by Crippen LogP contribution is -2.16. The van der Waals surface area contributed by atoms with E-state index in [4.69, 9.17) is 16.0 Å². The van der Waals surface area contributed by atoms with E-state index >= 15 is 0 Å². The first-order chi connectivity index (χ1) is 6.96. The number of sulfonamides is 1. The summed E-state index contributed by atoms with van der Waals surface area (Å²) >= 11 is 0. The van der Waals surface area contributed by atoms with Crippen LogP contribution in [-0.4, -0.2) is 26.7 Å². The molecule has 84 valence electrons. The molecular weight excluding hydrogens is 218 g/mol. The second-order valence-corrected chi connectivity index (χ2v) is 4.44. The van der Waals surface area contributed by atoms with Crippen molar-refractivity contribution in [1.82, 2.24) is 0 Å². The molecule has 6 nitrogen and oxygen atoms in total. The number of primary sulfonamides is 1. The van der Waals surface area contributed by atoms with Gasteiger partial charge in [0.05, 0.1) is 18.0 Å². The molecule has 0 saturated carbocycles. The van der Waals surface area contributed by atoms with Crippen LogP contribution in [0.15, 0.2) is 23.1 Å². The van der Waals surface area contributed by atoms with Crippen molar-refractivity contribution in [3.63, 3.8) is 0 Å². The number of aliphatic hydroxyl groups is 1. The molecule has 0 bridgehead atoms. The minimum Gasteiger partial charge on any atom is -0.396 e. The van der Waals surface area contributed by atoms with Crippen molar-refractivity contribution >= 4 is 21.4 Å². The van der Waals surface area contributed by atoms with Gasteiger partial charge in [0.25, 0.3) is 0 Å². The molecule has 0 saturated heterocycles. The van der Waals surface area contributed by atoms with Crippen LogP contribution in [0.2, 0.25) is 0 Å². The van der Waals surface area contributed by atoms with E-state index in [1.54, 1.807) is 6.07 Å². The molecule has 0 aliphatic heterocycles.